The van der Waals surface area contributed by atoms with E-state index in [1.54, 1.807) is 7.11 Å². The van der Waals surface area contributed by atoms with Gasteiger partial charge in [0.1, 0.15) is 5.75 Å². The molecule has 3 aromatic rings. The predicted octanol–water partition coefficient (Wildman–Crippen LogP) is 3.70. The maximum atomic E-state index is 13.4. The number of H-pyrrole nitrogens is 1. The lowest BCUT2D eigenvalue weighted by atomic mass is 9.78. The summed E-state index contributed by atoms with van der Waals surface area (Å²) in [5.74, 6) is -0.174. The summed E-state index contributed by atoms with van der Waals surface area (Å²) in [4.78, 5) is 31.3. The molecule has 5 nitrogen and oxygen atoms in total. The molecule has 5 rings (SSSR count). The van der Waals surface area contributed by atoms with Gasteiger partial charge in [-0.2, -0.15) is 0 Å². The quantitative estimate of drug-likeness (QED) is 0.709. The molecule has 1 N–H and O–H groups in total. The predicted molar refractivity (Wildman–Crippen MR) is 103 cm³/mol. The second-order valence-electron chi connectivity index (χ2n) is 7.35. The highest BCUT2D eigenvalue weighted by molar-refractivity contribution is 6.24. The van der Waals surface area contributed by atoms with Gasteiger partial charge in [0.2, 0.25) is 11.8 Å². The summed E-state index contributed by atoms with van der Waals surface area (Å²) in [6, 6.07) is 13.2. The van der Waals surface area contributed by atoms with E-state index in [1.165, 1.54) is 4.90 Å². The zero-order chi connectivity index (χ0) is 18.7. The number of aryl methyl sites for hydroxylation is 2. The molecule has 0 saturated carbocycles. The minimum Gasteiger partial charge on any atom is -0.497 e. The Kier molecular flexibility index (Phi) is 3.41. The lowest BCUT2D eigenvalue weighted by Crippen LogP contribution is -2.30. The molecule has 2 amide bonds. The maximum absolute atomic E-state index is 13.4. The van der Waals surface area contributed by atoms with Crippen molar-refractivity contribution < 1.29 is 14.3 Å². The van der Waals surface area contributed by atoms with Crippen LogP contribution < -0.4 is 9.64 Å². The Balaban J connectivity index is 1.70. The van der Waals surface area contributed by atoms with Crippen LogP contribution in [0.25, 0.3) is 10.9 Å². The highest BCUT2D eigenvalue weighted by Gasteiger charge is 2.52. The van der Waals surface area contributed by atoms with E-state index in [2.05, 4.69) is 4.98 Å². The van der Waals surface area contributed by atoms with Gasteiger partial charge < -0.3 is 9.72 Å². The molecule has 0 bridgehead atoms. The monoisotopic (exact) mass is 360 g/mol. The number of rotatable bonds is 2. The highest BCUT2D eigenvalue weighted by atomic mass is 16.5. The van der Waals surface area contributed by atoms with Gasteiger partial charge in [-0.3, -0.25) is 9.59 Å². The number of hydrogen-bond acceptors (Lipinski definition) is 3. The van der Waals surface area contributed by atoms with Crippen molar-refractivity contribution in [3.05, 3.63) is 59.3 Å². The van der Waals surface area contributed by atoms with Crippen LogP contribution in [-0.4, -0.2) is 23.9 Å². The SMILES string of the molecule is COc1cc(C)c2[nH]c3c(c2c1)C1C(=O)N(c2ccccc2)C(=O)C1CC3. The van der Waals surface area contributed by atoms with E-state index >= 15 is 0 Å². The van der Waals surface area contributed by atoms with Gasteiger partial charge >= 0.3 is 0 Å². The fourth-order valence-corrected chi connectivity index (χ4v) is 4.66. The first-order valence-electron chi connectivity index (χ1n) is 9.22. The van der Waals surface area contributed by atoms with Crippen LogP contribution in [0.15, 0.2) is 42.5 Å². The number of nitrogens with zero attached hydrogens (tertiary/aromatic N) is 1. The van der Waals surface area contributed by atoms with E-state index in [1.807, 2.05) is 49.4 Å². The van der Waals surface area contributed by atoms with Crippen molar-refractivity contribution >= 4 is 28.4 Å². The number of imide groups is 1. The molecule has 1 fully saturated rings. The molecule has 1 aromatic heterocycles. The highest BCUT2D eigenvalue weighted by Crippen LogP contribution is 2.47. The molecule has 2 unspecified atom stereocenters. The number of carbonyl (C=O) groups is 2. The van der Waals surface area contributed by atoms with E-state index < -0.39 is 5.92 Å². The zero-order valence-corrected chi connectivity index (χ0v) is 15.3. The van der Waals surface area contributed by atoms with E-state index in [-0.39, 0.29) is 17.7 Å². The standard InChI is InChI=1S/C22H20N2O3/c1-12-10-14(27-2)11-16-18-17(23-20(12)16)9-8-15-19(18)22(26)24(21(15)25)13-6-4-3-5-7-13/h3-7,10-11,15,19,23H,8-9H2,1-2H3. The summed E-state index contributed by atoms with van der Waals surface area (Å²) in [6.45, 7) is 2.03. The molecule has 2 aliphatic rings. The van der Waals surface area contributed by atoms with Gasteiger partial charge in [-0.1, -0.05) is 18.2 Å². The average molecular weight is 360 g/mol. The van der Waals surface area contributed by atoms with Crippen LogP contribution in [0, 0.1) is 12.8 Å². The molecule has 2 atom stereocenters. The molecule has 27 heavy (non-hydrogen) atoms. The number of para-hydroxylation sites is 1. The lowest BCUT2D eigenvalue weighted by Gasteiger charge is -2.22. The molecule has 1 aliphatic heterocycles. The van der Waals surface area contributed by atoms with Crippen molar-refractivity contribution in [2.75, 3.05) is 12.0 Å². The number of amides is 2. The number of nitrogens with one attached hydrogen (secondary N) is 1. The van der Waals surface area contributed by atoms with E-state index in [0.29, 0.717) is 12.1 Å². The lowest BCUT2D eigenvalue weighted by molar-refractivity contribution is -0.122. The Hall–Kier alpha value is -3.08. The summed E-state index contributed by atoms with van der Waals surface area (Å²) in [5.41, 5.74) is 4.79. The summed E-state index contributed by atoms with van der Waals surface area (Å²) in [7, 11) is 1.64. The smallest absolute Gasteiger partial charge is 0.242 e. The Morgan fingerprint density at radius 3 is 2.63 bits per heavy atom. The van der Waals surface area contributed by atoms with Crippen LogP contribution in [0.3, 0.4) is 0 Å². The Bertz CT molecular complexity index is 1080. The van der Waals surface area contributed by atoms with Gasteiger partial charge in [-0.25, -0.2) is 4.90 Å². The van der Waals surface area contributed by atoms with Crippen molar-refractivity contribution in [2.45, 2.75) is 25.7 Å². The van der Waals surface area contributed by atoms with Crippen molar-refractivity contribution in [1.82, 2.24) is 4.98 Å². The molecule has 0 radical (unpaired) electrons. The molecule has 5 heteroatoms. The van der Waals surface area contributed by atoms with E-state index in [4.69, 9.17) is 4.74 Å². The van der Waals surface area contributed by atoms with Crippen molar-refractivity contribution in [3.63, 3.8) is 0 Å². The molecule has 2 aromatic carbocycles. The first kappa shape index (κ1) is 16.1. The number of methoxy groups -OCH3 is 1. The van der Waals surface area contributed by atoms with E-state index in [0.717, 1.165) is 39.9 Å². The largest absolute Gasteiger partial charge is 0.497 e. The van der Waals surface area contributed by atoms with Gasteiger partial charge in [0.15, 0.2) is 0 Å². The number of fused-ring (bicyclic) bond motifs is 5. The number of aromatic nitrogens is 1. The van der Waals surface area contributed by atoms with Crippen molar-refractivity contribution in [1.29, 1.82) is 0 Å². The second kappa shape index (κ2) is 5.71. The summed E-state index contributed by atoms with van der Waals surface area (Å²) in [6.07, 6.45) is 1.46. The van der Waals surface area contributed by atoms with Gasteiger partial charge in [0, 0.05) is 16.6 Å². The van der Waals surface area contributed by atoms with E-state index in [9.17, 15) is 9.59 Å². The van der Waals surface area contributed by atoms with Crippen LogP contribution >= 0.6 is 0 Å². The topological polar surface area (TPSA) is 62.4 Å². The first-order valence-corrected chi connectivity index (χ1v) is 9.22. The molecular weight excluding hydrogens is 340 g/mol. The number of benzene rings is 2. The number of aromatic amines is 1. The molecule has 1 aliphatic carbocycles. The van der Waals surface area contributed by atoms with Gasteiger partial charge in [-0.05, 0) is 55.2 Å². The number of anilines is 1. The average Bonchev–Trinajstić information content (AvgIpc) is 3.18. The third-order valence-corrected chi connectivity index (χ3v) is 5.89. The normalized spacial score (nSPS) is 21.5. The van der Waals surface area contributed by atoms with Gasteiger partial charge in [-0.15, -0.1) is 0 Å². The van der Waals surface area contributed by atoms with Crippen LogP contribution in [0.1, 0.15) is 29.2 Å². The third-order valence-electron chi connectivity index (χ3n) is 5.89. The summed E-state index contributed by atoms with van der Waals surface area (Å²) >= 11 is 0. The van der Waals surface area contributed by atoms with Crippen LogP contribution in [0.4, 0.5) is 5.69 Å². The molecule has 136 valence electrons. The van der Waals surface area contributed by atoms with Crippen LogP contribution in [0.5, 0.6) is 5.75 Å². The number of hydrogen-bond donors (Lipinski definition) is 1. The van der Waals surface area contributed by atoms with Crippen molar-refractivity contribution in [3.8, 4) is 5.75 Å². The Morgan fingerprint density at radius 2 is 1.89 bits per heavy atom. The van der Waals surface area contributed by atoms with Crippen LogP contribution in [-0.2, 0) is 16.0 Å². The Morgan fingerprint density at radius 1 is 1.11 bits per heavy atom. The van der Waals surface area contributed by atoms with Gasteiger partial charge in [0.25, 0.3) is 0 Å². The summed E-state index contributed by atoms with van der Waals surface area (Å²) in [5, 5.41) is 0.993. The minimum absolute atomic E-state index is 0.0872. The number of ether oxygens (including phenoxy) is 1. The Labute approximate surface area is 156 Å². The minimum atomic E-state index is -0.429. The van der Waals surface area contributed by atoms with Gasteiger partial charge in [0.05, 0.1) is 24.6 Å². The third kappa shape index (κ3) is 2.17. The first-order chi connectivity index (χ1) is 13.1. The fraction of sp³-hybridized carbons (Fsp3) is 0.273. The molecule has 0 spiro atoms. The second-order valence-corrected chi connectivity index (χ2v) is 7.35. The zero-order valence-electron chi connectivity index (χ0n) is 15.3. The maximum Gasteiger partial charge on any atom is 0.242 e. The molecule has 1 saturated heterocycles. The molecular formula is C22H20N2O3. The summed E-state index contributed by atoms with van der Waals surface area (Å²) < 4.78 is 5.44. The fourth-order valence-electron chi connectivity index (χ4n) is 4.66. The van der Waals surface area contributed by atoms with Crippen molar-refractivity contribution in [2.24, 2.45) is 5.92 Å². The van der Waals surface area contributed by atoms with Crippen LogP contribution in [0.2, 0.25) is 0 Å². The number of carbonyl (C=O) groups excluding carboxylic acids is 2. The molecule has 2 heterocycles.